The van der Waals surface area contributed by atoms with Crippen LogP contribution in [-0.2, 0) is 26.2 Å². The summed E-state index contributed by atoms with van der Waals surface area (Å²) in [5.74, 6) is -0.416. The maximum Gasteiger partial charge on any atom is 0.264 e. The summed E-state index contributed by atoms with van der Waals surface area (Å²) >= 11 is 12.5. The molecule has 11 heteroatoms. The van der Waals surface area contributed by atoms with Gasteiger partial charge in [0.1, 0.15) is 18.3 Å². The number of halogens is 2. The molecule has 0 spiro atoms. The molecule has 0 bridgehead atoms. The average Bonchev–Trinajstić information content (AvgIpc) is 2.95. The Balaban J connectivity index is 2.01. The zero-order valence-electron chi connectivity index (χ0n) is 23.5. The van der Waals surface area contributed by atoms with Crippen molar-refractivity contribution in [3.63, 3.8) is 0 Å². The molecule has 0 aliphatic carbocycles. The lowest BCUT2D eigenvalue weighted by Crippen LogP contribution is -2.52. The molecule has 0 saturated heterocycles. The lowest BCUT2D eigenvalue weighted by atomic mass is 10.1. The third kappa shape index (κ3) is 8.38. The molecule has 3 rings (SSSR count). The van der Waals surface area contributed by atoms with Gasteiger partial charge in [-0.1, -0.05) is 54.4 Å². The molecule has 41 heavy (non-hydrogen) atoms. The normalized spacial score (nSPS) is 12.7. The molecule has 3 aromatic rings. The molecule has 8 nitrogen and oxygen atoms in total. The number of carbonyl (C=O) groups excluding carboxylic acids is 2. The molecular weight excluding hydrogens is 585 g/mol. The van der Waals surface area contributed by atoms with Gasteiger partial charge in [0.05, 0.1) is 17.2 Å². The molecule has 0 radical (unpaired) electrons. The number of benzene rings is 3. The van der Waals surface area contributed by atoms with Crippen molar-refractivity contribution >= 4 is 50.7 Å². The minimum atomic E-state index is -4.18. The van der Waals surface area contributed by atoms with Crippen molar-refractivity contribution in [2.75, 3.05) is 17.5 Å². The van der Waals surface area contributed by atoms with Crippen LogP contribution in [0.2, 0.25) is 10.0 Å². The smallest absolute Gasteiger partial charge is 0.264 e. The molecule has 0 saturated carbocycles. The number of sulfonamides is 1. The highest BCUT2D eigenvalue weighted by molar-refractivity contribution is 7.92. The van der Waals surface area contributed by atoms with Gasteiger partial charge in [0.15, 0.2) is 0 Å². The summed E-state index contributed by atoms with van der Waals surface area (Å²) in [5, 5.41) is 3.65. The molecule has 0 aromatic heterocycles. The van der Waals surface area contributed by atoms with Gasteiger partial charge in [-0.3, -0.25) is 13.9 Å². The number of nitrogens with one attached hydrogen (secondary N) is 1. The summed E-state index contributed by atoms with van der Waals surface area (Å²) in [7, 11) is -4.18. The number of ether oxygens (including phenoxy) is 1. The fraction of sp³-hybridized carbons (Fsp3) is 0.333. The van der Waals surface area contributed by atoms with Crippen LogP contribution in [0.1, 0.15) is 39.7 Å². The number of carbonyl (C=O) groups is 2. The van der Waals surface area contributed by atoms with Crippen molar-refractivity contribution in [2.45, 2.75) is 57.6 Å². The van der Waals surface area contributed by atoms with Crippen LogP contribution >= 0.6 is 23.2 Å². The summed E-state index contributed by atoms with van der Waals surface area (Å²) < 4.78 is 34.3. The highest BCUT2D eigenvalue weighted by atomic mass is 35.5. The Morgan fingerprint density at radius 1 is 0.951 bits per heavy atom. The maximum atomic E-state index is 14.0. The van der Waals surface area contributed by atoms with Gasteiger partial charge < -0.3 is 15.0 Å². The second-order valence-corrected chi connectivity index (χ2v) is 12.2. The van der Waals surface area contributed by atoms with Gasteiger partial charge in [-0.15, -0.1) is 0 Å². The first-order valence-electron chi connectivity index (χ1n) is 13.3. The van der Waals surface area contributed by atoms with Crippen LogP contribution in [0.4, 0.5) is 5.69 Å². The molecule has 0 unspecified atom stereocenters. The number of hydrogen-bond donors (Lipinski definition) is 1. The Bertz CT molecular complexity index is 1440. The van der Waals surface area contributed by atoms with E-state index >= 15 is 0 Å². The number of anilines is 1. The summed E-state index contributed by atoms with van der Waals surface area (Å²) in [5.41, 5.74) is 0.865. The molecule has 0 heterocycles. The summed E-state index contributed by atoms with van der Waals surface area (Å²) in [4.78, 5) is 28.4. The average molecular weight is 621 g/mol. The largest absolute Gasteiger partial charge is 0.494 e. The minimum absolute atomic E-state index is 0.00698. The van der Waals surface area contributed by atoms with Crippen molar-refractivity contribution in [3.8, 4) is 5.75 Å². The van der Waals surface area contributed by atoms with E-state index < -0.39 is 28.5 Å². The zero-order valence-corrected chi connectivity index (χ0v) is 25.8. The van der Waals surface area contributed by atoms with Crippen molar-refractivity contribution in [1.82, 2.24) is 10.2 Å². The van der Waals surface area contributed by atoms with E-state index in [1.807, 2.05) is 20.8 Å². The molecule has 0 fully saturated rings. The Morgan fingerprint density at radius 2 is 1.61 bits per heavy atom. The Hall–Kier alpha value is -3.27. The van der Waals surface area contributed by atoms with E-state index in [0.29, 0.717) is 40.1 Å². The SMILES string of the molecule is CCOc1ccc(S(=O)(=O)N(CC(=O)N(Cc2ccc(Cl)cc2Cl)[C@@H](C)C(=O)N[C@H](C)CC)c2ccccc2)cc1. The fourth-order valence-corrected chi connectivity index (χ4v) is 5.89. The van der Waals surface area contributed by atoms with E-state index in [4.69, 9.17) is 27.9 Å². The number of nitrogens with zero attached hydrogens (tertiary/aromatic N) is 2. The van der Waals surface area contributed by atoms with Gasteiger partial charge in [0, 0.05) is 22.6 Å². The highest BCUT2D eigenvalue weighted by Gasteiger charge is 2.33. The van der Waals surface area contributed by atoms with Crippen LogP contribution in [-0.4, -0.2) is 50.4 Å². The van der Waals surface area contributed by atoms with Crippen molar-refractivity contribution in [3.05, 3.63) is 88.4 Å². The summed E-state index contributed by atoms with van der Waals surface area (Å²) in [6.07, 6.45) is 0.706. The predicted molar refractivity (Wildman–Crippen MR) is 163 cm³/mol. The zero-order chi connectivity index (χ0) is 30.2. The quantitative estimate of drug-likeness (QED) is 0.256. The Kier molecular flexibility index (Phi) is 11.5. The van der Waals surface area contributed by atoms with Gasteiger partial charge in [0.2, 0.25) is 11.8 Å². The molecule has 0 aliphatic heterocycles. The van der Waals surface area contributed by atoms with Crippen LogP contribution < -0.4 is 14.4 Å². The van der Waals surface area contributed by atoms with Crippen LogP contribution in [0.25, 0.3) is 0 Å². The third-order valence-electron chi connectivity index (χ3n) is 6.57. The van der Waals surface area contributed by atoms with E-state index in [0.717, 1.165) is 4.31 Å². The first-order chi connectivity index (χ1) is 19.5. The minimum Gasteiger partial charge on any atom is -0.494 e. The van der Waals surface area contributed by atoms with E-state index in [1.165, 1.54) is 17.0 Å². The number of rotatable bonds is 13. The molecule has 0 aliphatic rings. The maximum absolute atomic E-state index is 14.0. The van der Waals surface area contributed by atoms with Crippen LogP contribution in [0.3, 0.4) is 0 Å². The number of hydrogen-bond acceptors (Lipinski definition) is 5. The Labute approximate surface area is 252 Å². The van der Waals surface area contributed by atoms with Crippen molar-refractivity contribution < 1.29 is 22.7 Å². The lowest BCUT2D eigenvalue weighted by molar-refractivity contribution is -0.139. The van der Waals surface area contributed by atoms with Crippen molar-refractivity contribution in [2.24, 2.45) is 0 Å². The highest BCUT2D eigenvalue weighted by Crippen LogP contribution is 2.27. The summed E-state index contributed by atoms with van der Waals surface area (Å²) in [6, 6.07) is 18.2. The van der Waals surface area contributed by atoms with Gasteiger partial charge in [-0.05, 0) is 81.3 Å². The van der Waals surface area contributed by atoms with Crippen LogP contribution in [0.15, 0.2) is 77.7 Å². The van der Waals surface area contributed by atoms with E-state index in [2.05, 4.69) is 5.32 Å². The number of para-hydroxylation sites is 1. The number of amides is 2. The van der Waals surface area contributed by atoms with E-state index in [9.17, 15) is 18.0 Å². The van der Waals surface area contributed by atoms with Gasteiger partial charge >= 0.3 is 0 Å². The lowest BCUT2D eigenvalue weighted by Gasteiger charge is -2.32. The fourth-order valence-electron chi connectivity index (χ4n) is 4.01. The van der Waals surface area contributed by atoms with E-state index in [-0.39, 0.29) is 23.4 Å². The second-order valence-electron chi connectivity index (χ2n) is 9.50. The molecule has 220 valence electrons. The predicted octanol–water partition coefficient (Wildman–Crippen LogP) is 5.92. The Morgan fingerprint density at radius 3 is 2.20 bits per heavy atom. The third-order valence-corrected chi connectivity index (χ3v) is 8.94. The molecular formula is C30H35Cl2N3O5S. The standard InChI is InChI=1S/C30H35Cl2N3O5S/c1-5-21(3)33-30(37)22(4)34(19-23-12-13-24(31)18-28(23)32)29(36)20-35(25-10-8-7-9-11-25)41(38,39)27-16-14-26(15-17-27)40-6-2/h7-18,21-22H,5-6,19-20H2,1-4H3,(H,33,37)/t21-,22+/m1/s1. The second kappa shape index (κ2) is 14.6. The van der Waals surface area contributed by atoms with Crippen molar-refractivity contribution in [1.29, 1.82) is 0 Å². The first-order valence-corrected chi connectivity index (χ1v) is 15.5. The van der Waals surface area contributed by atoms with Gasteiger partial charge in [-0.2, -0.15) is 0 Å². The monoisotopic (exact) mass is 619 g/mol. The van der Waals surface area contributed by atoms with E-state index in [1.54, 1.807) is 67.6 Å². The first kappa shape index (κ1) is 32.2. The molecule has 2 atom stereocenters. The van der Waals surface area contributed by atoms with Gasteiger partial charge in [0.25, 0.3) is 10.0 Å². The van der Waals surface area contributed by atoms with Gasteiger partial charge in [-0.25, -0.2) is 8.42 Å². The van der Waals surface area contributed by atoms with Crippen LogP contribution in [0.5, 0.6) is 5.75 Å². The van der Waals surface area contributed by atoms with Crippen LogP contribution in [0, 0.1) is 0 Å². The summed E-state index contributed by atoms with van der Waals surface area (Å²) in [6.45, 7) is 7.10. The topological polar surface area (TPSA) is 96.0 Å². The molecule has 1 N–H and O–H groups in total. The molecule has 2 amide bonds. The molecule has 3 aromatic carbocycles.